The smallest absolute Gasteiger partial charge is 0.317 e. The van der Waals surface area contributed by atoms with Crippen molar-refractivity contribution in [2.24, 2.45) is 5.41 Å². The zero-order valence-electron chi connectivity index (χ0n) is 11.7. The molecular weight excluding hydrogens is 262 g/mol. The van der Waals surface area contributed by atoms with Crippen molar-refractivity contribution in [1.82, 2.24) is 15.1 Å². The summed E-state index contributed by atoms with van der Waals surface area (Å²) in [6.45, 7) is 3.72. The second-order valence-electron chi connectivity index (χ2n) is 5.65. The number of piperazine rings is 1. The van der Waals surface area contributed by atoms with Gasteiger partial charge < -0.3 is 20.4 Å². The van der Waals surface area contributed by atoms with Gasteiger partial charge in [-0.25, -0.2) is 4.79 Å². The van der Waals surface area contributed by atoms with Gasteiger partial charge in [0.2, 0.25) is 0 Å². The maximum absolute atomic E-state index is 12.0. The van der Waals surface area contributed by atoms with E-state index in [4.69, 9.17) is 5.11 Å². The number of carboxylic acid groups (broad SMARTS) is 1. The molecule has 0 bridgehead atoms. The van der Waals surface area contributed by atoms with E-state index in [9.17, 15) is 14.7 Å². The number of rotatable bonds is 5. The number of hydrogen-bond donors (Lipinski definition) is 3. The summed E-state index contributed by atoms with van der Waals surface area (Å²) >= 11 is 0. The molecule has 20 heavy (non-hydrogen) atoms. The first-order valence-electron chi connectivity index (χ1n) is 7.17. The molecule has 0 unspecified atom stereocenters. The lowest BCUT2D eigenvalue weighted by Gasteiger charge is -2.39. The Morgan fingerprint density at radius 1 is 1.15 bits per heavy atom. The molecule has 0 atom stereocenters. The van der Waals surface area contributed by atoms with E-state index in [2.05, 4.69) is 10.2 Å². The van der Waals surface area contributed by atoms with Crippen LogP contribution < -0.4 is 5.32 Å². The molecule has 0 aromatic carbocycles. The third-order valence-corrected chi connectivity index (χ3v) is 4.42. The number of carbonyl (C=O) groups excluding carboxylic acids is 1. The quantitative estimate of drug-likeness (QED) is 0.637. The topological polar surface area (TPSA) is 93.1 Å². The van der Waals surface area contributed by atoms with Crippen molar-refractivity contribution in [3.8, 4) is 0 Å². The fourth-order valence-electron chi connectivity index (χ4n) is 2.74. The van der Waals surface area contributed by atoms with Gasteiger partial charge in [0, 0.05) is 39.3 Å². The Morgan fingerprint density at radius 2 is 1.80 bits per heavy atom. The molecule has 114 valence electrons. The summed E-state index contributed by atoms with van der Waals surface area (Å²) in [6.07, 6.45) is 2.21. The van der Waals surface area contributed by atoms with Gasteiger partial charge in [0.15, 0.2) is 0 Å². The van der Waals surface area contributed by atoms with E-state index in [0.29, 0.717) is 32.5 Å². The van der Waals surface area contributed by atoms with E-state index in [1.165, 1.54) is 0 Å². The molecule has 1 heterocycles. The van der Waals surface area contributed by atoms with Crippen molar-refractivity contribution in [3.63, 3.8) is 0 Å². The number of urea groups is 1. The van der Waals surface area contributed by atoms with E-state index in [1.807, 2.05) is 0 Å². The van der Waals surface area contributed by atoms with E-state index < -0.39 is 11.4 Å². The maximum Gasteiger partial charge on any atom is 0.317 e. The van der Waals surface area contributed by atoms with Gasteiger partial charge in [-0.1, -0.05) is 6.42 Å². The van der Waals surface area contributed by atoms with Gasteiger partial charge >= 0.3 is 12.0 Å². The fourth-order valence-corrected chi connectivity index (χ4v) is 2.74. The Labute approximate surface area is 118 Å². The average molecular weight is 285 g/mol. The van der Waals surface area contributed by atoms with Crippen molar-refractivity contribution in [1.29, 1.82) is 0 Å². The Bertz CT molecular complexity index is 363. The van der Waals surface area contributed by atoms with Gasteiger partial charge in [-0.3, -0.25) is 9.69 Å². The van der Waals surface area contributed by atoms with Crippen LogP contribution in [0.3, 0.4) is 0 Å². The normalized spacial score (nSPS) is 22.1. The van der Waals surface area contributed by atoms with Gasteiger partial charge in [-0.05, 0) is 12.8 Å². The Morgan fingerprint density at radius 3 is 2.25 bits per heavy atom. The highest BCUT2D eigenvalue weighted by Gasteiger charge is 2.44. The number of hydrogen-bond acceptors (Lipinski definition) is 4. The third kappa shape index (κ3) is 3.21. The Hall–Kier alpha value is -1.34. The molecule has 3 N–H and O–H groups in total. The second-order valence-corrected chi connectivity index (χ2v) is 5.65. The predicted octanol–water partition coefficient (Wildman–Crippen LogP) is -0.439. The standard InChI is InChI=1S/C13H23N3O4/c17-9-8-15-4-6-16(7-5-15)12(20)14-10-13(11(18)19)2-1-3-13/h17H,1-10H2,(H,14,20)(H,18,19). The monoisotopic (exact) mass is 285 g/mol. The number of amides is 2. The molecule has 1 aliphatic carbocycles. The number of aliphatic carboxylic acids is 1. The van der Waals surface area contributed by atoms with Crippen molar-refractivity contribution in [2.45, 2.75) is 19.3 Å². The summed E-state index contributed by atoms with van der Waals surface area (Å²) in [5, 5.41) is 20.8. The summed E-state index contributed by atoms with van der Waals surface area (Å²) in [7, 11) is 0. The molecule has 2 rings (SSSR count). The number of β-amino-alcohol motifs (C(OH)–C–C–N with tert-alkyl or cyclic N) is 1. The summed E-state index contributed by atoms with van der Waals surface area (Å²) in [5.74, 6) is -0.809. The lowest BCUT2D eigenvalue weighted by molar-refractivity contribution is -0.153. The van der Waals surface area contributed by atoms with Gasteiger partial charge in [0.1, 0.15) is 0 Å². The minimum atomic E-state index is -0.809. The van der Waals surface area contributed by atoms with E-state index >= 15 is 0 Å². The maximum atomic E-state index is 12.0. The van der Waals surface area contributed by atoms with Gasteiger partial charge in [-0.2, -0.15) is 0 Å². The van der Waals surface area contributed by atoms with Crippen LogP contribution in [0.25, 0.3) is 0 Å². The SMILES string of the molecule is O=C(NCC1(C(=O)O)CCC1)N1CCN(CCO)CC1. The van der Waals surface area contributed by atoms with Crippen LogP contribution in [-0.4, -0.2) is 77.9 Å². The lowest BCUT2D eigenvalue weighted by Crippen LogP contribution is -2.55. The number of carbonyl (C=O) groups is 2. The molecule has 7 heteroatoms. The first-order chi connectivity index (χ1) is 9.57. The summed E-state index contributed by atoms with van der Waals surface area (Å²) in [4.78, 5) is 27.1. The van der Waals surface area contributed by atoms with Crippen LogP contribution in [0.4, 0.5) is 4.79 Å². The molecule has 0 spiro atoms. The molecule has 0 aromatic heterocycles. The number of nitrogens with zero attached hydrogens (tertiary/aromatic N) is 2. The van der Waals surface area contributed by atoms with Crippen LogP contribution in [0.2, 0.25) is 0 Å². The van der Waals surface area contributed by atoms with Crippen molar-refractivity contribution >= 4 is 12.0 Å². The molecule has 2 aliphatic rings. The van der Waals surface area contributed by atoms with Gasteiger partial charge in [0.25, 0.3) is 0 Å². The van der Waals surface area contributed by atoms with E-state index in [1.54, 1.807) is 4.90 Å². The van der Waals surface area contributed by atoms with Crippen molar-refractivity contribution in [2.75, 3.05) is 45.9 Å². The predicted molar refractivity (Wildman–Crippen MR) is 72.4 cm³/mol. The van der Waals surface area contributed by atoms with Crippen molar-refractivity contribution in [3.05, 3.63) is 0 Å². The molecule has 1 aliphatic heterocycles. The molecule has 1 saturated heterocycles. The molecule has 0 radical (unpaired) electrons. The highest BCUT2D eigenvalue weighted by molar-refractivity contribution is 5.79. The first kappa shape index (κ1) is 15.1. The molecule has 7 nitrogen and oxygen atoms in total. The van der Waals surface area contributed by atoms with Crippen LogP contribution in [0.15, 0.2) is 0 Å². The lowest BCUT2D eigenvalue weighted by atomic mass is 9.69. The number of aliphatic hydroxyl groups is 1. The molecule has 1 saturated carbocycles. The number of aliphatic hydroxyl groups excluding tert-OH is 1. The molecule has 0 aromatic rings. The number of nitrogens with one attached hydrogen (secondary N) is 1. The summed E-state index contributed by atoms with van der Waals surface area (Å²) in [6, 6.07) is -0.179. The molecular formula is C13H23N3O4. The first-order valence-corrected chi connectivity index (χ1v) is 7.17. The highest BCUT2D eigenvalue weighted by atomic mass is 16.4. The largest absolute Gasteiger partial charge is 0.481 e. The molecule has 2 fully saturated rings. The minimum Gasteiger partial charge on any atom is -0.481 e. The van der Waals surface area contributed by atoms with Crippen LogP contribution in [-0.2, 0) is 4.79 Å². The van der Waals surface area contributed by atoms with Crippen LogP contribution in [0.1, 0.15) is 19.3 Å². The fraction of sp³-hybridized carbons (Fsp3) is 0.846. The van der Waals surface area contributed by atoms with Crippen LogP contribution >= 0.6 is 0 Å². The van der Waals surface area contributed by atoms with Crippen molar-refractivity contribution < 1.29 is 19.8 Å². The Kier molecular flexibility index (Phi) is 4.82. The zero-order chi connectivity index (χ0) is 14.6. The zero-order valence-corrected chi connectivity index (χ0v) is 11.7. The minimum absolute atomic E-state index is 0.132. The third-order valence-electron chi connectivity index (χ3n) is 4.42. The molecule has 2 amide bonds. The highest BCUT2D eigenvalue weighted by Crippen LogP contribution is 2.40. The number of carboxylic acids is 1. The van der Waals surface area contributed by atoms with Crippen LogP contribution in [0.5, 0.6) is 0 Å². The Balaban J connectivity index is 1.74. The summed E-state index contributed by atoms with van der Waals surface area (Å²) in [5.41, 5.74) is -0.742. The summed E-state index contributed by atoms with van der Waals surface area (Å²) < 4.78 is 0. The van der Waals surface area contributed by atoms with E-state index in [0.717, 1.165) is 19.5 Å². The second kappa shape index (κ2) is 6.41. The average Bonchev–Trinajstić information content (AvgIpc) is 2.38. The van der Waals surface area contributed by atoms with Gasteiger partial charge in [-0.15, -0.1) is 0 Å². The van der Waals surface area contributed by atoms with Crippen LogP contribution in [0, 0.1) is 5.41 Å². The van der Waals surface area contributed by atoms with Gasteiger partial charge in [0.05, 0.1) is 12.0 Å². The van der Waals surface area contributed by atoms with E-state index in [-0.39, 0.29) is 19.2 Å².